The second kappa shape index (κ2) is 9.24. The van der Waals surface area contributed by atoms with Crippen LogP contribution in [0.25, 0.3) is 0 Å². The molecule has 0 saturated heterocycles. The maximum absolute atomic E-state index is 5.38. The van der Waals surface area contributed by atoms with Gasteiger partial charge in [0.1, 0.15) is 0 Å². The first-order valence-electron chi connectivity index (χ1n) is 5.73. The van der Waals surface area contributed by atoms with Gasteiger partial charge in [0.2, 0.25) is 0 Å². The van der Waals surface area contributed by atoms with E-state index in [0.29, 0.717) is 5.25 Å². The Morgan fingerprint density at radius 1 is 1.00 bits per heavy atom. The van der Waals surface area contributed by atoms with E-state index >= 15 is 0 Å². The lowest BCUT2D eigenvalue weighted by Gasteiger charge is -2.36. The molecule has 1 saturated carbocycles. The van der Waals surface area contributed by atoms with E-state index in [9.17, 15) is 0 Å². The van der Waals surface area contributed by atoms with E-state index in [-0.39, 0.29) is 5.79 Å². The van der Waals surface area contributed by atoms with Crippen molar-refractivity contribution in [2.45, 2.75) is 50.6 Å². The molecule has 0 atom stereocenters. The highest BCUT2D eigenvalue weighted by atomic mass is 32.2. The van der Waals surface area contributed by atoms with Gasteiger partial charge in [0.05, 0.1) is 7.11 Å². The summed E-state index contributed by atoms with van der Waals surface area (Å²) in [5.41, 5.74) is 0. The molecule has 0 spiro atoms. The second-order valence-corrected chi connectivity index (χ2v) is 4.34. The molecule has 1 aliphatic carbocycles. The Labute approximate surface area is 103 Å². The molecule has 0 amide bonds. The van der Waals surface area contributed by atoms with Gasteiger partial charge in [-0.25, -0.2) is 4.89 Å². The summed E-state index contributed by atoms with van der Waals surface area (Å²) in [6.07, 6.45) is 3.86. The summed E-state index contributed by atoms with van der Waals surface area (Å²) in [6, 6.07) is 0. The molecule has 0 N–H and O–H groups in total. The topological polar surface area (TPSA) is 36.9 Å². The predicted molar refractivity (Wildman–Crippen MR) is 66.0 cm³/mol. The number of methoxy groups -OCH3 is 2. The third kappa shape index (κ3) is 5.01. The minimum atomic E-state index is -0.371. The summed E-state index contributed by atoms with van der Waals surface area (Å²) in [6.45, 7) is 4.00. The lowest BCUT2D eigenvalue weighted by molar-refractivity contribution is -0.223. The first kappa shape index (κ1) is 16.2. The highest BCUT2D eigenvalue weighted by molar-refractivity contribution is 7.95. The Hall–Kier alpha value is 0.190. The van der Waals surface area contributed by atoms with Crippen LogP contribution in [0.4, 0.5) is 0 Å². The van der Waals surface area contributed by atoms with E-state index in [1.54, 1.807) is 14.2 Å². The van der Waals surface area contributed by atoms with Crippen molar-refractivity contribution in [1.82, 2.24) is 0 Å². The van der Waals surface area contributed by atoms with Crippen molar-refractivity contribution in [3.8, 4) is 0 Å². The molecule has 0 aromatic heterocycles. The van der Waals surface area contributed by atoms with Gasteiger partial charge >= 0.3 is 0 Å². The van der Waals surface area contributed by atoms with Crippen molar-refractivity contribution in [2.75, 3.05) is 21.3 Å². The molecule has 0 bridgehead atoms. The van der Waals surface area contributed by atoms with Crippen LogP contribution < -0.4 is 0 Å². The monoisotopic (exact) mass is 252 g/mol. The Kier molecular flexibility index (Phi) is 9.35. The zero-order chi connectivity index (χ0) is 12.4. The van der Waals surface area contributed by atoms with Crippen LogP contribution in [0.1, 0.15) is 39.5 Å². The normalized spacial score (nSPS) is 20.1. The molecule has 1 aliphatic rings. The highest BCUT2D eigenvalue weighted by Gasteiger charge is 2.35. The van der Waals surface area contributed by atoms with Crippen LogP contribution in [0.5, 0.6) is 0 Å². The number of ether oxygens (including phenoxy) is 2. The van der Waals surface area contributed by atoms with Gasteiger partial charge in [-0.1, -0.05) is 13.8 Å². The molecule has 0 aromatic carbocycles. The summed E-state index contributed by atoms with van der Waals surface area (Å²) in [7, 11) is 4.91. The molecule has 0 heterocycles. The van der Waals surface area contributed by atoms with Crippen LogP contribution in [0, 0.1) is 0 Å². The minimum absolute atomic E-state index is 0.371. The van der Waals surface area contributed by atoms with Crippen molar-refractivity contribution in [2.24, 2.45) is 0 Å². The van der Waals surface area contributed by atoms with Crippen LogP contribution >= 0.6 is 12.0 Å². The third-order valence-electron chi connectivity index (χ3n) is 2.68. The maximum Gasteiger partial charge on any atom is 0.167 e. The van der Waals surface area contributed by atoms with Gasteiger partial charge in [-0.2, -0.15) is 4.33 Å². The largest absolute Gasteiger partial charge is 0.353 e. The van der Waals surface area contributed by atoms with Gasteiger partial charge in [0, 0.05) is 44.4 Å². The van der Waals surface area contributed by atoms with E-state index in [0.717, 1.165) is 25.7 Å². The molecule has 0 radical (unpaired) electrons. The third-order valence-corrected chi connectivity index (χ3v) is 3.64. The first-order valence-corrected chi connectivity index (χ1v) is 6.53. The highest BCUT2D eigenvalue weighted by Crippen LogP contribution is 2.37. The van der Waals surface area contributed by atoms with Crippen LogP contribution in [0.15, 0.2) is 0 Å². The van der Waals surface area contributed by atoms with Crippen molar-refractivity contribution in [3.63, 3.8) is 0 Å². The Balaban J connectivity index is 0.00000106. The first-order chi connectivity index (χ1) is 7.76. The van der Waals surface area contributed by atoms with E-state index in [1.807, 2.05) is 13.8 Å². The van der Waals surface area contributed by atoms with E-state index in [1.165, 1.54) is 19.2 Å². The summed E-state index contributed by atoms with van der Waals surface area (Å²) in [5.74, 6) is -0.371. The smallest absolute Gasteiger partial charge is 0.167 e. The molecule has 0 aromatic rings. The molecule has 98 valence electrons. The molecular formula is C11H24O4S. The van der Waals surface area contributed by atoms with Crippen molar-refractivity contribution in [1.29, 1.82) is 0 Å². The van der Waals surface area contributed by atoms with Crippen LogP contribution in [-0.4, -0.2) is 32.4 Å². The fourth-order valence-corrected chi connectivity index (χ4v) is 2.33. The zero-order valence-corrected chi connectivity index (χ0v) is 11.8. The second-order valence-electron chi connectivity index (χ2n) is 3.35. The van der Waals surface area contributed by atoms with Crippen molar-refractivity contribution < 1.29 is 18.7 Å². The quantitative estimate of drug-likeness (QED) is 0.325. The number of hydrogen-bond acceptors (Lipinski definition) is 5. The molecule has 4 nitrogen and oxygen atoms in total. The van der Waals surface area contributed by atoms with Gasteiger partial charge in [-0.05, 0) is 12.8 Å². The van der Waals surface area contributed by atoms with Crippen LogP contribution in [0.2, 0.25) is 0 Å². The summed E-state index contributed by atoms with van der Waals surface area (Å²) in [4.78, 5) is 4.55. The molecule has 16 heavy (non-hydrogen) atoms. The molecule has 1 fully saturated rings. The molecule has 1 rings (SSSR count). The number of hydrogen-bond donors (Lipinski definition) is 0. The lowest BCUT2D eigenvalue weighted by Crippen LogP contribution is -2.38. The summed E-state index contributed by atoms with van der Waals surface area (Å²) < 4.78 is 15.6. The van der Waals surface area contributed by atoms with Crippen molar-refractivity contribution >= 4 is 12.0 Å². The fourth-order valence-electron chi connectivity index (χ4n) is 1.71. The Bertz CT molecular complexity index is 152. The van der Waals surface area contributed by atoms with Crippen LogP contribution in [0.3, 0.4) is 0 Å². The van der Waals surface area contributed by atoms with E-state index in [2.05, 4.69) is 4.89 Å². The molecule has 5 heteroatoms. The van der Waals surface area contributed by atoms with Gasteiger partial charge in [0.25, 0.3) is 0 Å². The number of rotatable bonds is 5. The maximum atomic E-state index is 5.38. The molecular weight excluding hydrogens is 228 g/mol. The van der Waals surface area contributed by atoms with Gasteiger partial charge in [-0.3, -0.25) is 0 Å². The van der Waals surface area contributed by atoms with E-state index in [4.69, 9.17) is 13.8 Å². The van der Waals surface area contributed by atoms with Crippen LogP contribution in [-0.2, 0) is 18.7 Å². The summed E-state index contributed by atoms with van der Waals surface area (Å²) in [5, 5.41) is 0.480. The Morgan fingerprint density at radius 3 is 1.88 bits per heavy atom. The zero-order valence-electron chi connectivity index (χ0n) is 10.9. The van der Waals surface area contributed by atoms with Gasteiger partial charge in [0.15, 0.2) is 5.79 Å². The lowest BCUT2D eigenvalue weighted by atomic mass is 9.93. The standard InChI is InChI=1S/C9H18O4S.C2H6/c1-10-9(11-2)6-4-8(5-7-9)14-13-12-3;1-2/h8H,4-7H2,1-3H3;1-2H3. The van der Waals surface area contributed by atoms with Gasteiger partial charge in [-0.15, -0.1) is 0 Å². The minimum Gasteiger partial charge on any atom is -0.353 e. The predicted octanol–water partition coefficient (Wildman–Crippen LogP) is 3.17. The molecule has 0 unspecified atom stereocenters. The molecule has 0 aliphatic heterocycles. The fraction of sp³-hybridized carbons (Fsp3) is 1.00. The van der Waals surface area contributed by atoms with E-state index < -0.39 is 0 Å². The summed E-state index contributed by atoms with van der Waals surface area (Å²) >= 11 is 1.39. The van der Waals surface area contributed by atoms with Gasteiger partial charge < -0.3 is 9.47 Å². The van der Waals surface area contributed by atoms with Crippen molar-refractivity contribution in [3.05, 3.63) is 0 Å². The Morgan fingerprint density at radius 2 is 1.50 bits per heavy atom. The SMILES string of the molecule is CC.COOSC1CCC(OC)(OC)CC1. The average Bonchev–Trinajstić information content (AvgIpc) is 2.39. The average molecular weight is 252 g/mol.